The van der Waals surface area contributed by atoms with Gasteiger partial charge in [-0.3, -0.25) is 0 Å². The van der Waals surface area contributed by atoms with Gasteiger partial charge in [-0.1, -0.05) is 34.1 Å². The first-order chi connectivity index (χ1) is 8.46. The summed E-state index contributed by atoms with van der Waals surface area (Å²) in [5.41, 5.74) is 0.541. The average Bonchev–Trinajstić information content (AvgIpc) is 2.85. The molecule has 0 amide bonds. The van der Waals surface area contributed by atoms with Crippen LogP contribution in [0.4, 0.5) is 0 Å². The molecule has 0 radical (unpaired) electrons. The largest absolute Gasteiger partial charge is 0.316 e. The molecular formula is C17H33N. The molecule has 0 aliphatic heterocycles. The van der Waals surface area contributed by atoms with Gasteiger partial charge < -0.3 is 5.32 Å². The molecule has 2 fully saturated rings. The molecule has 0 aromatic rings. The van der Waals surface area contributed by atoms with E-state index in [4.69, 9.17) is 0 Å². The van der Waals surface area contributed by atoms with Crippen LogP contribution in [0.2, 0.25) is 0 Å². The summed E-state index contributed by atoms with van der Waals surface area (Å²) >= 11 is 0. The first-order valence-electron chi connectivity index (χ1n) is 8.17. The number of hydrogen-bond acceptors (Lipinski definition) is 1. The molecule has 2 aliphatic carbocycles. The maximum Gasteiger partial charge on any atom is -0.00258 e. The fourth-order valence-electron chi connectivity index (χ4n) is 4.26. The van der Waals surface area contributed by atoms with E-state index in [9.17, 15) is 0 Å². The monoisotopic (exact) mass is 251 g/mol. The molecule has 1 heteroatoms. The maximum absolute atomic E-state index is 3.60. The molecule has 18 heavy (non-hydrogen) atoms. The molecule has 0 aromatic heterocycles. The van der Waals surface area contributed by atoms with Gasteiger partial charge in [-0.25, -0.2) is 0 Å². The Morgan fingerprint density at radius 3 is 2.50 bits per heavy atom. The van der Waals surface area contributed by atoms with Gasteiger partial charge in [-0.05, 0) is 74.3 Å². The molecule has 1 nitrogen and oxygen atoms in total. The maximum atomic E-state index is 3.60. The summed E-state index contributed by atoms with van der Waals surface area (Å²) in [6, 6.07) is 0. The summed E-state index contributed by atoms with van der Waals surface area (Å²) in [4.78, 5) is 0. The number of nitrogens with one attached hydrogen (secondary N) is 1. The summed E-state index contributed by atoms with van der Waals surface area (Å²) in [7, 11) is 0. The van der Waals surface area contributed by atoms with E-state index in [1.807, 2.05) is 0 Å². The van der Waals surface area contributed by atoms with Crippen LogP contribution in [-0.4, -0.2) is 13.1 Å². The van der Waals surface area contributed by atoms with Gasteiger partial charge >= 0.3 is 0 Å². The van der Waals surface area contributed by atoms with Crippen molar-refractivity contribution in [1.29, 1.82) is 0 Å². The highest BCUT2D eigenvalue weighted by Crippen LogP contribution is 2.52. The average molecular weight is 251 g/mol. The molecule has 2 saturated carbocycles. The van der Waals surface area contributed by atoms with E-state index in [1.165, 1.54) is 38.8 Å². The first-order valence-corrected chi connectivity index (χ1v) is 8.17. The van der Waals surface area contributed by atoms with Crippen molar-refractivity contribution in [3.63, 3.8) is 0 Å². The molecule has 2 aliphatic rings. The highest BCUT2D eigenvalue weighted by atomic mass is 14.9. The van der Waals surface area contributed by atoms with Crippen LogP contribution in [0.5, 0.6) is 0 Å². The van der Waals surface area contributed by atoms with Crippen molar-refractivity contribution in [3.8, 4) is 0 Å². The zero-order chi connectivity index (χ0) is 13.2. The Hall–Kier alpha value is -0.0400. The van der Waals surface area contributed by atoms with E-state index < -0.39 is 0 Å². The van der Waals surface area contributed by atoms with Crippen LogP contribution < -0.4 is 5.32 Å². The molecule has 106 valence electrons. The second-order valence-corrected chi connectivity index (χ2v) is 8.15. The van der Waals surface area contributed by atoms with Crippen LogP contribution in [0.3, 0.4) is 0 Å². The predicted octanol–water partition coefficient (Wildman–Crippen LogP) is 4.47. The Bertz CT molecular complexity index is 256. The molecule has 0 spiro atoms. The normalized spacial score (nSPS) is 31.5. The predicted molar refractivity (Wildman–Crippen MR) is 79.7 cm³/mol. The van der Waals surface area contributed by atoms with Gasteiger partial charge in [0.1, 0.15) is 0 Å². The van der Waals surface area contributed by atoms with Crippen LogP contribution in [-0.2, 0) is 0 Å². The van der Waals surface area contributed by atoms with Crippen molar-refractivity contribution < 1.29 is 0 Å². The lowest BCUT2D eigenvalue weighted by molar-refractivity contribution is 0.194. The third kappa shape index (κ3) is 3.98. The lowest BCUT2D eigenvalue weighted by Crippen LogP contribution is -2.28. The molecule has 0 heterocycles. The van der Waals surface area contributed by atoms with Gasteiger partial charge in [0, 0.05) is 0 Å². The highest BCUT2D eigenvalue weighted by Gasteiger charge is 2.41. The molecule has 3 unspecified atom stereocenters. The van der Waals surface area contributed by atoms with Gasteiger partial charge in [0.2, 0.25) is 0 Å². The second kappa shape index (κ2) is 5.94. The SMILES string of the molecule is CC(C)CNCCC(C)(C)CC1CC2CCC1C2. The third-order valence-electron chi connectivity index (χ3n) is 5.23. The Kier molecular flexibility index (Phi) is 4.75. The number of hydrogen-bond donors (Lipinski definition) is 1. The highest BCUT2D eigenvalue weighted by molar-refractivity contribution is 4.92. The van der Waals surface area contributed by atoms with E-state index in [2.05, 4.69) is 33.0 Å². The van der Waals surface area contributed by atoms with Crippen molar-refractivity contribution in [2.24, 2.45) is 29.1 Å². The van der Waals surface area contributed by atoms with Gasteiger partial charge in [-0.2, -0.15) is 0 Å². The van der Waals surface area contributed by atoms with Gasteiger partial charge in [-0.15, -0.1) is 0 Å². The van der Waals surface area contributed by atoms with E-state index in [1.54, 1.807) is 12.8 Å². The molecule has 1 N–H and O–H groups in total. The quantitative estimate of drug-likeness (QED) is 0.658. The van der Waals surface area contributed by atoms with Crippen LogP contribution >= 0.6 is 0 Å². The van der Waals surface area contributed by atoms with E-state index in [0.29, 0.717) is 5.41 Å². The smallest absolute Gasteiger partial charge is 0.00258 e. The topological polar surface area (TPSA) is 12.0 Å². The summed E-state index contributed by atoms with van der Waals surface area (Å²) in [5, 5.41) is 3.60. The molecule has 3 atom stereocenters. The summed E-state index contributed by atoms with van der Waals surface area (Å²) in [5.74, 6) is 4.04. The Labute approximate surface area is 114 Å². The molecule has 2 bridgehead atoms. The Morgan fingerprint density at radius 2 is 1.94 bits per heavy atom. The molecule has 2 rings (SSSR count). The van der Waals surface area contributed by atoms with Crippen LogP contribution in [0.15, 0.2) is 0 Å². The van der Waals surface area contributed by atoms with E-state index in [0.717, 1.165) is 23.7 Å². The van der Waals surface area contributed by atoms with Crippen molar-refractivity contribution in [2.45, 2.75) is 66.2 Å². The second-order valence-electron chi connectivity index (χ2n) is 8.15. The fraction of sp³-hybridized carbons (Fsp3) is 1.00. The van der Waals surface area contributed by atoms with Gasteiger partial charge in [0.25, 0.3) is 0 Å². The minimum absolute atomic E-state index is 0.541. The van der Waals surface area contributed by atoms with Crippen molar-refractivity contribution in [2.75, 3.05) is 13.1 Å². The number of rotatable bonds is 7. The van der Waals surface area contributed by atoms with Crippen LogP contribution in [0.1, 0.15) is 66.2 Å². The first kappa shape index (κ1) is 14.4. The fourth-order valence-corrected chi connectivity index (χ4v) is 4.26. The van der Waals surface area contributed by atoms with Crippen molar-refractivity contribution in [1.82, 2.24) is 5.32 Å². The Balaban J connectivity index is 1.67. The van der Waals surface area contributed by atoms with Crippen LogP contribution in [0.25, 0.3) is 0 Å². The zero-order valence-corrected chi connectivity index (χ0v) is 13.0. The molecule has 0 aromatic carbocycles. The van der Waals surface area contributed by atoms with E-state index in [-0.39, 0.29) is 0 Å². The Morgan fingerprint density at radius 1 is 1.17 bits per heavy atom. The lowest BCUT2D eigenvalue weighted by Gasteiger charge is -2.32. The standard InChI is InChI=1S/C17H33N/c1-13(2)12-18-8-7-17(3,4)11-16-10-14-5-6-15(16)9-14/h13-16,18H,5-12H2,1-4H3. The third-order valence-corrected chi connectivity index (χ3v) is 5.23. The lowest BCUT2D eigenvalue weighted by atomic mass is 9.74. The van der Waals surface area contributed by atoms with E-state index >= 15 is 0 Å². The van der Waals surface area contributed by atoms with Crippen molar-refractivity contribution >= 4 is 0 Å². The minimum Gasteiger partial charge on any atom is -0.316 e. The summed E-state index contributed by atoms with van der Waals surface area (Å²) in [6.45, 7) is 11.9. The van der Waals surface area contributed by atoms with Gasteiger partial charge in [0.15, 0.2) is 0 Å². The summed E-state index contributed by atoms with van der Waals surface area (Å²) in [6.07, 6.45) is 9.00. The zero-order valence-electron chi connectivity index (χ0n) is 13.0. The van der Waals surface area contributed by atoms with Gasteiger partial charge in [0.05, 0.1) is 0 Å². The van der Waals surface area contributed by atoms with Crippen LogP contribution in [0, 0.1) is 29.1 Å². The molecular weight excluding hydrogens is 218 g/mol. The number of fused-ring (bicyclic) bond motifs is 2. The summed E-state index contributed by atoms with van der Waals surface area (Å²) < 4.78 is 0. The van der Waals surface area contributed by atoms with Crippen molar-refractivity contribution in [3.05, 3.63) is 0 Å². The molecule has 0 saturated heterocycles. The minimum atomic E-state index is 0.541.